The molecule has 104 valence electrons. The van der Waals surface area contributed by atoms with Gasteiger partial charge < -0.3 is 9.47 Å². The van der Waals surface area contributed by atoms with E-state index in [1.54, 1.807) is 0 Å². The second-order valence-corrected chi connectivity index (χ2v) is 5.82. The van der Waals surface area contributed by atoms with E-state index < -0.39 is 0 Å². The molecule has 0 saturated carbocycles. The summed E-state index contributed by atoms with van der Waals surface area (Å²) in [6.07, 6.45) is 3.93. The predicted molar refractivity (Wildman–Crippen MR) is 76.2 cm³/mol. The smallest absolute Gasteiger partial charge is 0.179 e. The largest absolute Gasteiger partial charge is 0.486 e. The van der Waals surface area contributed by atoms with Crippen LogP contribution in [0.2, 0.25) is 5.02 Å². The van der Waals surface area contributed by atoms with Crippen LogP contribution in [0.3, 0.4) is 0 Å². The van der Waals surface area contributed by atoms with Gasteiger partial charge >= 0.3 is 0 Å². The minimum atomic E-state index is 0.579. The molecule has 19 heavy (non-hydrogen) atoms. The molecule has 1 fully saturated rings. The van der Waals surface area contributed by atoms with Crippen LogP contribution in [0.25, 0.3) is 0 Å². The molecule has 2 aliphatic heterocycles. The molecule has 1 unspecified atom stereocenters. The zero-order chi connectivity index (χ0) is 13.2. The van der Waals surface area contributed by atoms with Crippen molar-refractivity contribution in [2.75, 3.05) is 19.8 Å². The van der Waals surface area contributed by atoms with Gasteiger partial charge in [0.2, 0.25) is 0 Å². The fraction of sp³-hybridized carbons (Fsp3) is 0.600. The summed E-state index contributed by atoms with van der Waals surface area (Å²) in [7, 11) is 0. The van der Waals surface area contributed by atoms with E-state index >= 15 is 0 Å². The second-order valence-electron chi connectivity index (χ2n) is 5.42. The Labute approximate surface area is 119 Å². The quantitative estimate of drug-likeness (QED) is 0.828. The number of nitrogens with zero attached hydrogens (tertiary/aromatic N) is 1. The number of ether oxygens (including phenoxy) is 2. The first-order chi connectivity index (χ1) is 9.24. The Hall–Kier alpha value is -0.930. The molecule has 1 aromatic carbocycles. The van der Waals surface area contributed by atoms with Crippen molar-refractivity contribution in [3.8, 4) is 11.5 Å². The van der Waals surface area contributed by atoms with Gasteiger partial charge in [-0.05, 0) is 44.0 Å². The number of hydrogen-bond donors (Lipinski definition) is 0. The average molecular weight is 282 g/mol. The molecule has 0 spiro atoms. The molecule has 1 atom stereocenters. The highest BCUT2D eigenvalue weighted by molar-refractivity contribution is 6.32. The Morgan fingerprint density at radius 1 is 1.26 bits per heavy atom. The summed E-state index contributed by atoms with van der Waals surface area (Å²) in [4.78, 5) is 2.52. The van der Waals surface area contributed by atoms with Gasteiger partial charge in [-0.3, -0.25) is 4.90 Å². The summed E-state index contributed by atoms with van der Waals surface area (Å²) in [5.74, 6) is 1.49. The molecule has 0 aromatic heterocycles. The lowest BCUT2D eigenvalue weighted by atomic mass is 10.0. The molecular weight excluding hydrogens is 262 g/mol. The van der Waals surface area contributed by atoms with E-state index in [-0.39, 0.29) is 0 Å². The first kappa shape index (κ1) is 13.1. The van der Waals surface area contributed by atoms with Gasteiger partial charge in [0.15, 0.2) is 11.5 Å². The molecule has 0 aliphatic carbocycles. The summed E-state index contributed by atoms with van der Waals surface area (Å²) < 4.78 is 11.2. The highest BCUT2D eigenvalue weighted by Gasteiger charge is 2.21. The lowest BCUT2D eigenvalue weighted by Gasteiger charge is -2.33. The van der Waals surface area contributed by atoms with E-state index in [1.807, 2.05) is 6.07 Å². The van der Waals surface area contributed by atoms with Crippen LogP contribution in [0, 0.1) is 0 Å². The van der Waals surface area contributed by atoms with Crippen LogP contribution in [0.5, 0.6) is 11.5 Å². The average Bonchev–Trinajstić information content (AvgIpc) is 2.42. The standard InChI is InChI=1S/C15H20ClNO2/c1-11-4-2-3-5-17(11)10-12-8-13(16)15-14(9-12)18-6-7-19-15/h8-9,11H,2-7,10H2,1H3. The normalized spacial score (nSPS) is 23.4. The molecule has 1 aromatic rings. The summed E-state index contributed by atoms with van der Waals surface area (Å²) in [5, 5.41) is 0.664. The molecule has 0 radical (unpaired) electrons. The SMILES string of the molecule is CC1CCCCN1Cc1cc(Cl)c2c(c1)OCCO2. The fourth-order valence-corrected chi connectivity index (χ4v) is 3.17. The number of rotatable bonds is 2. The van der Waals surface area contributed by atoms with Crippen molar-refractivity contribution in [2.24, 2.45) is 0 Å². The van der Waals surface area contributed by atoms with Crippen molar-refractivity contribution in [2.45, 2.75) is 38.8 Å². The minimum absolute atomic E-state index is 0.579. The Balaban J connectivity index is 1.79. The van der Waals surface area contributed by atoms with Gasteiger partial charge in [-0.15, -0.1) is 0 Å². The lowest BCUT2D eigenvalue weighted by Crippen LogP contribution is -2.36. The minimum Gasteiger partial charge on any atom is -0.486 e. The summed E-state index contributed by atoms with van der Waals surface area (Å²) in [6.45, 7) is 5.60. The van der Waals surface area contributed by atoms with Gasteiger partial charge in [0.25, 0.3) is 0 Å². The van der Waals surface area contributed by atoms with E-state index in [0.717, 1.165) is 12.3 Å². The Morgan fingerprint density at radius 2 is 2.11 bits per heavy atom. The van der Waals surface area contributed by atoms with E-state index in [0.29, 0.717) is 30.0 Å². The number of benzene rings is 1. The molecule has 0 bridgehead atoms. The third-order valence-corrected chi connectivity index (χ3v) is 4.26. The predicted octanol–water partition coefficient (Wildman–Crippen LogP) is 3.49. The van der Waals surface area contributed by atoms with Gasteiger partial charge in [0.1, 0.15) is 13.2 Å². The van der Waals surface area contributed by atoms with Crippen molar-refractivity contribution < 1.29 is 9.47 Å². The molecule has 0 amide bonds. The molecule has 3 rings (SSSR count). The van der Waals surface area contributed by atoms with Crippen molar-refractivity contribution in [1.82, 2.24) is 4.90 Å². The number of halogens is 1. The Morgan fingerprint density at radius 3 is 2.95 bits per heavy atom. The van der Waals surface area contributed by atoms with Gasteiger partial charge in [-0.2, -0.15) is 0 Å². The maximum atomic E-state index is 6.28. The number of fused-ring (bicyclic) bond motifs is 1. The summed E-state index contributed by atoms with van der Waals surface area (Å²) in [5.41, 5.74) is 1.21. The third-order valence-electron chi connectivity index (χ3n) is 3.98. The Kier molecular flexibility index (Phi) is 3.85. The zero-order valence-corrected chi connectivity index (χ0v) is 12.1. The molecule has 4 heteroatoms. The van der Waals surface area contributed by atoms with Crippen molar-refractivity contribution in [3.63, 3.8) is 0 Å². The highest BCUT2D eigenvalue weighted by Crippen LogP contribution is 2.38. The highest BCUT2D eigenvalue weighted by atomic mass is 35.5. The third kappa shape index (κ3) is 2.82. The van der Waals surface area contributed by atoms with E-state index in [9.17, 15) is 0 Å². The van der Waals surface area contributed by atoms with Crippen molar-refractivity contribution >= 4 is 11.6 Å². The lowest BCUT2D eigenvalue weighted by molar-refractivity contribution is 0.151. The number of hydrogen-bond acceptors (Lipinski definition) is 3. The summed E-state index contributed by atoms with van der Waals surface area (Å²) in [6, 6.07) is 4.73. The van der Waals surface area contributed by atoms with Gasteiger partial charge in [0.05, 0.1) is 5.02 Å². The maximum absolute atomic E-state index is 6.28. The van der Waals surface area contributed by atoms with E-state index in [4.69, 9.17) is 21.1 Å². The monoisotopic (exact) mass is 281 g/mol. The molecular formula is C15H20ClNO2. The molecule has 2 aliphatic rings. The van der Waals surface area contributed by atoms with Crippen LogP contribution in [-0.4, -0.2) is 30.7 Å². The van der Waals surface area contributed by atoms with Crippen LogP contribution in [0.1, 0.15) is 31.7 Å². The topological polar surface area (TPSA) is 21.7 Å². The fourth-order valence-electron chi connectivity index (χ4n) is 2.88. The van der Waals surface area contributed by atoms with Gasteiger partial charge in [-0.1, -0.05) is 18.0 Å². The number of piperidine rings is 1. The van der Waals surface area contributed by atoms with Crippen LogP contribution in [-0.2, 0) is 6.54 Å². The van der Waals surface area contributed by atoms with Crippen LogP contribution in [0.15, 0.2) is 12.1 Å². The molecule has 0 N–H and O–H groups in total. The summed E-state index contributed by atoms with van der Waals surface area (Å²) >= 11 is 6.28. The van der Waals surface area contributed by atoms with Crippen molar-refractivity contribution in [1.29, 1.82) is 0 Å². The molecule has 1 saturated heterocycles. The van der Waals surface area contributed by atoms with E-state index in [2.05, 4.69) is 17.9 Å². The Bertz CT molecular complexity index is 464. The number of likely N-dealkylation sites (tertiary alicyclic amines) is 1. The van der Waals surface area contributed by atoms with Gasteiger partial charge in [0, 0.05) is 12.6 Å². The van der Waals surface area contributed by atoms with Crippen LogP contribution < -0.4 is 9.47 Å². The van der Waals surface area contributed by atoms with Crippen LogP contribution in [0.4, 0.5) is 0 Å². The zero-order valence-electron chi connectivity index (χ0n) is 11.3. The molecule has 2 heterocycles. The first-order valence-electron chi connectivity index (χ1n) is 7.06. The van der Waals surface area contributed by atoms with E-state index in [1.165, 1.54) is 31.4 Å². The van der Waals surface area contributed by atoms with Crippen LogP contribution >= 0.6 is 11.6 Å². The first-order valence-corrected chi connectivity index (χ1v) is 7.44. The maximum Gasteiger partial charge on any atom is 0.179 e. The second kappa shape index (κ2) is 5.59. The molecule has 3 nitrogen and oxygen atoms in total. The van der Waals surface area contributed by atoms with Gasteiger partial charge in [-0.25, -0.2) is 0 Å². The van der Waals surface area contributed by atoms with Crippen molar-refractivity contribution in [3.05, 3.63) is 22.7 Å².